The maximum absolute atomic E-state index is 13.3. The first-order valence-electron chi connectivity index (χ1n) is 5.77. The molecule has 0 aromatic heterocycles. The zero-order valence-electron chi connectivity index (χ0n) is 9.62. The van der Waals surface area contributed by atoms with E-state index in [1.54, 1.807) is 6.07 Å². The van der Waals surface area contributed by atoms with E-state index in [4.69, 9.17) is 5.26 Å². The van der Waals surface area contributed by atoms with Gasteiger partial charge < -0.3 is 5.32 Å². The monoisotopic (exact) mass is 310 g/mol. The fourth-order valence-electron chi connectivity index (χ4n) is 2.18. The van der Waals surface area contributed by atoms with Crippen molar-refractivity contribution in [3.63, 3.8) is 0 Å². The Hall–Kier alpha value is -1.41. The van der Waals surface area contributed by atoms with Crippen LogP contribution < -0.4 is 5.32 Å². The summed E-state index contributed by atoms with van der Waals surface area (Å²) < 4.78 is 13.6. The number of halogens is 2. The molecule has 1 fully saturated rings. The maximum Gasteiger partial charge on any atom is 0.251 e. The molecule has 1 aromatic carbocycles. The Balaban J connectivity index is 2.08. The van der Waals surface area contributed by atoms with Gasteiger partial charge in [-0.3, -0.25) is 4.79 Å². The lowest BCUT2D eigenvalue weighted by molar-refractivity contribution is 0.0932. The fraction of sp³-hybridized carbons (Fsp3) is 0.385. The van der Waals surface area contributed by atoms with E-state index in [-0.39, 0.29) is 23.4 Å². The van der Waals surface area contributed by atoms with E-state index in [1.807, 2.05) is 0 Å². The normalized spacial score (nSPS) is 22.5. The largest absolute Gasteiger partial charge is 0.348 e. The summed E-state index contributed by atoms with van der Waals surface area (Å²) in [6.07, 6.45) is 2.57. The lowest BCUT2D eigenvalue weighted by Crippen LogP contribution is -2.36. The number of nitriles is 1. The van der Waals surface area contributed by atoms with Gasteiger partial charge >= 0.3 is 0 Å². The summed E-state index contributed by atoms with van der Waals surface area (Å²) in [5.74, 6) is -0.922. The van der Waals surface area contributed by atoms with Crippen molar-refractivity contribution in [1.29, 1.82) is 5.26 Å². The van der Waals surface area contributed by atoms with Gasteiger partial charge in [0.05, 0.1) is 16.5 Å². The number of carbonyl (C=O) groups excluding carboxylic acids is 1. The number of nitrogens with zero attached hydrogens (tertiary/aromatic N) is 1. The highest BCUT2D eigenvalue weighted by Crippen LogP contribution is 2.25. The number of rotatable bonds is 2. The molecule has 3 nitrogen and oxygen atoms in total. The first-order valence-corrected chi connectivity index (χ1v) is 6.56. The highest BCUT2D eigenvalue weighted by atomic mass is 79.9. The van der Waals surface area contributed by atoms with Gasteiger partial charge in [0.2, 0.25) is 0 Å². The summed E-state index contributed by atoms with van der Waals surface area (Å²) in [6.45, 7) is 0. The molecule has 1 aliphatic carbocycles. The maximum atomic E-state index is 13.3. The number of nitrogens with one attached hydrogen (secondary N) is 1. The molecular weight excluding hydrogens is 299 g/mol. The molecule has 2 unspecified atom stereocenters. The first-order chi connectivity index (χ1) is 8.61. The molecule has 1 N–H and O–H groups in total. The van der Waals surface area contributed by atoms with Gasteiger partial charge in [-0.25, -0.2) is 4.39 Å². The molecule has 1 aromatic rings. The minimum absolute atomic E-state index is 0.116. The predicted octanol–water partition coefficient (Wildman–Crippen LogP) is 3.01. The van der Waals surface area contributed by atoms with Crippen molar-refractivity contribution < 1.29 is 9.18 Å². The van der Waals surface area contributed by atoms with Crippen LogP contribution in [0.2, 0.25) is 0 Å². The van der Waals surface area contributed by atoms with Gasteiger partial charge in [0.25, 0.3) is 5.91 Å². The number of hydrogen-bond acceptors (Lipinski definition) is 2. The third-order valence-corrected chi connectivity index (χ3v) is 3.82. The Kier molecular flexibility index (Phi) is 3.97. The van der Waals surface area contributed by atoms with Crippen LogP contribution in [0.1, 0.15) is 29.6 Å². The zero-order chi connectivity index (χ0) is 13.1. The van der Waals surface area contributed by atoms with Crippen molar-refractivity contribution >= 4 is 21.8 Å². The van der Waals surface area contributed by atoms with Crippen LogP contribution in [0, 0.1) is 23.1 Å². The van der Waals surface area contributed by atoms with E-state index in [1.165, 1.54) is 12.1 Å². The molecule has 18 heavy (non-hydrogen) atoms. The van der Waals surface area contributed by atoms with Crippen molar-refractivity contribution in [3.8, 4) is 6.07 Å². The summed E-state index contributed by atoms with van der Waals surface area (Å²) in [5, 5.41) is 11.7. The van der Waals surface area contributed by atoms with Crippen LogP contribution in [0.3, 0.4) is 0 Å². The van der Waals surface area contributed by atoms with Gasteiger partial charge in [-0.1, -0.05) is 0 Å². The molecule has 0 radical (unpaired) electrons. The van der Waals surface area contributed by atoms with Crippen LogP contribution in [-0.2, 0) is 0 Å². The highest BCUT2D eigenvalue weighted by molar-refractivity contribution is 9.10. The van der Waals surface area contributed by atoms with Gasteiger partial charge in [-0.15, -0.1) is 0 Å². The second kappa shape index (κ2) is 5.49. The summed E-state index contributed by atoms with van der Waals surface area (Å²) in [5.41, 5.74) is 0.277. The van der Waals surface area contributed by atoms with Gasteiger partial charge in [0.1, 0.15) is 5.82 Å². The molecule has 0 aliphatic heterocycles. The van der Waals surface area contributed by atoms with Crippen LogP contribution in [0.15, 0.2) is 22.7 Å². The third-order valence-electron chi connectivity index (χ3n) is 3.18. The summed E-state index contributed by atoms with van der Waals surface area (Å²) in [7, 11) is 0. The van der Waals surface area contributed by atoms with Crippen molar-refractivity contribution in [1.82, 2.24) is 5.32 Å². The van der Waals surface area contributed by atoms with E-state index < -0.39 is 5.82 Å². The van der Waals surface area contributed by atoms with Crippen LogP contribution in [0.4, 0.5) is 4.39 Å². The smallest absolute Gasteiger partial charge is 0.251 e. The van der Waals surface area contributed by atoms with E-state index in [0.717, 1.165) is 19.3 Å². The van der Waals surface area contributed by atoms with Crippen molar-refractivity contribution in [3.05, 3.63) is 34.1 Å². The van der Waals surface area contributed by atoms with E-state index in [2.05, 4.69) is 27.3 Å². The lowest BCUT2D eigenvalue weighted by atomic mass is 10.1. The molecule has 5 heteroatoms. The summed E-state index contributed by atoms with van der Waals surface area (Å²) in [4.78, 5) is 11.9. The molecule has 0 spiro atoms. The average Bonchev–Trinajstić information content (AvgIpc) is 2.79. The van der Waals surface area contributed by atoms with Crippen LogP contribution in [-0.4, -0.2) is 11.9 Å². The van der Waals surface area contributed by atoms with E-state index >= 15 is 0 Å². The van der Waals surface area contributed by atoms with Crippen LogP contribution in [0.25, 0.3) is 0 Å². The topological polar surface area (TPSA) is 52.9 Å². The Labute approximate surface area is 113 Å². The lowest BCUT2D eigenvalue weighted by Gasteiger charge is -2.15. The van der Waals surface area contributed by atoms with Gasteiger partial charge in [0.15, 0.2) is 0 Å². The van der Waals surface area contributed by atoms with Crippen LogP contribution >= 0.6 is 15.9 Å². The minimum atomic E-state index is -0.467. The first kappa shape index (κ1) is 13.0. The molecule has 1 amide bonds. The van der Waals surface area contributed by atoms with Gasteiger partial charge in [-0.2, -0.15) is 5.26 Å². The molecule has 0 saturated heterocycles. The molecule has 2 atom stereocenters. The summed E-state index contributed by atoms with van der Waals surface area (Å²) >= 11 is 3.04. The molecule has 2 rings (SSSR count). The van der Waals surface area contributed by atoms with Gasteiger partial charge in [0, 0.05) is 11.6 Å². The Morgan fingerprint density at radius 2 is 2.28 bits per heavy atom. The quantitative estimate of drug-likeness (QED) is 0.913. The molecular formula is C13H12BrFN2O. The second-order valence-electron chi connectivity index (χ2n) is 4.38. The predicted molar refractivity (Wildman–Crippen MR) is 68.3 cm³/mol. The molecule has 1 aliphatic rings. The van der Waals surface area contributed by atoms with Crippen molar-refractivity contribution in [2.75, 3.05) is 0 Å². The number of hydrogen-bond donors (Lipinski definition) is 1. The Morgan fingerprint density at radius 3 is 2.94 bits per heavy atom. The number of carbonyl (C=O) groups is 1. The Bertz CT molecular complexity index is 512. The van der Waals surface area contributed by atoms with Gasteiger partial charge in [-0.05, 0) is 53.4 Å². The SMILES string of the molecule is N#CC1CCCC1NC(=O)c1ccc(Br)c(F)c1. The molecule has 94 valence electrons. The van der Waals surface area contributed by atoms with Crippen LogP contribution in [0.5, 0.6) is 0 Å². The third kappa shape index (κ3) is 2.70. The van der Waals surface area contributed by atoms with E-state index in [9.17, 15) is 9.18 Å². The summed E-state index contributed by atoms with van der Waals surface area (Å²) in [6, 6.07) is 6.32. The molecule has 0 heterocycles. The highest BCUT2D eigenvalue weighted by Gasteiger charge is 2.28. The fourth-order valence-corrected chi connectivity index (χ4v) is 2.42. The second-order valence-corrected chi connectivity index (χ2v) is 5.23. The Morgan fingerprint density at radius 1 is 1.50 bits per heavy atom. The van der Waals surface area contributed by atoms with E-state index in [0.29, 0.717) is 4.47 Å². The zero-order valence-corrected chi connectivity index (χ0v) is 11.2. The van der Waals surface area contributed by atoms with Crippen molar-refractivity contribution in [2.45, 2.75) is 25.3 Å². The molecule has 0 bridgehead atoms. The standard InChI is InChI=1S/C13H12BrFN2O/c14-10-5-4-8(6-11(10)15)13(18)17-12-3-1-2-9(12)7-16/h4-6,9,12H,1-3H2,(H,17,18). The average molecular weight is 311 g/mol. The number of amides is 1. The minimum Gasteiger partial charge on any atom is -0.348 e. The number of benzene rings is 1. The van der Waals surface area contributed by atoms with Crippen molar-refractivity contribution in [2.24, 2.45) is 5.92 Å². The molecule has 1 saturated carbocycles.